The summed E-state index contributed by atoms with van der Waals surface area (Å²) in [6.45, 7) is 3.26. The van der Waals surface area contributed by atoms with Crippen LogP contribution >= 0.6 is 0 Å². The van der Waals surface area contributed by atoms with Gasteiger partial charge in [-0.15, -0.1) is 0 Å². The number of carboxylic acid groups (broad SMARTS) is 1. The van der Waals surface area contributed by atoms with Gasteiger partial charge < -0.3 is 19.9 Å². The van der Waals surface area contributed by atoms with Crippen molar-refractivity contribution in [2.24, 2.45) is 5.92 Å². The van der Waals surface area contributed by atoms with Crippen molar-refractivity contribution >= 4 is 11.9 Å². The molecule has 114 valence electrons. The Kier molecular flexibility index (Phi) is 5.03. The molecule has 2 N–H and O–H groups in total. The van der Waals surface area contributed by atoms with E-state index in [0.29, 0.717) is 36.8 Å². The Labute approximate surface area is 123 Å². The van der Waals surface area contributed by atoms with Crippen LogP contribution in [0.5, 0.6) is 11.5 Å². The van der Waals surface area contributed by atoms with E-state index in [1.165, 1.54) is 0 Å². The number of carboxylic acids is 1. The van der Waals surface area contributed by atoms with Gasteiger partial charge >= 0.3 is 5.97 Å². The molecule has 0 bridgehead atoms. The minimum absolute atomic E-state index is 0.0292. The maximum absolute atomic E-state index is 12.1. The summed E-state index contributed by atoms with van der Waals surface area (Å²) >= 11 is 0. The predicted octanol–water partition coefficient (Wildman–Crippen LogP) is 1.69. The molecule has 1 aromatic carbocycles. The number of fused-ring (bicyclic) bond motifs is 1. The number of carbonyl (C=O) groups is 2. The number of nitrogens with one attached hydrogen (secondary N) is 1. The first-order chi connectivity index (χ1) is 10.1. The van der Waals surface area contributed by atoms with E-state index in [2.05, 4.69) is 5.32 Å². The third-order valence-electron chi connectivity index (χ3n) is 3.14. The van der Waals surface area contributed by atoms with Crippen LogP contribution in [-0.4, -0.2) is 36.7 Å². The third-order valence-corrected chi connectivity index (χ3v) is 3.14. The molecule has 1 atom stereocenters. The largest absolute Gasteiger partial charge is 0.490 e. The summed E-state index contributed by atoms with van der Waals surface area (Å²) in [5, 5.41) is 11.4. The molecule has 2 rings (SSSR count). The number of carbonyl (C=O) groups excluding carboxylic acids is 1. The zero-order chi connectivity index (χ0) is 15.2. The zero-order valence-electron chi connectivity index (χ0n) is 11.9. The molecule has 6 nitrogen and oxygen atoms in total. The number of benzene rings is 1. The first-order valence-corrected chi connectivity index (χ1v) is 6.96. The molecule has 0 aromatic heterocycles. The van der Waals surface area contributed by atoms with Crippen molar-refractivity contribution in [2.45, 2.75) is 19.8 Å². The monoisotopic (exact) mass is 293 g/mol. The van der Waals surface area contributed by atoms with Crippen LogP contribution in [0.15, 0.2) is 18.2 Å². The van der Waals surface area contributed by atoms with Gasteiger partial charge in [-0.25, -0.2) is 0 Å². The molecule has 0 radical (unpaired) electrons. The fourth-order valence-corrected chi connectivity index (χ4v) is 2.04. The fraction of sp³-hybridized carbons (Fsp3) is 0.467. The Bertz CT molecular complexity index is 529. The van der Waals surface area contributed by atoms with Crippen LogP contribution < -0.4 is 14.8 Å². The summed E-state index contributed by atoms with van der Waals surface area (Å²) in [7, 11) is 0. The topological polar surface area (TPSA) is 84.9 Å². The minimum atomic E-state index is -0.868. The van der Waals surface area contributed by atoms with E-state index < -0.39 is 5.97 Å². The van der Waals surface area contributed by atoms with Crippen LogP contribution in [0.25, 0.3) is 0 Å². The fourth-order valence-electron chi connectivity index (χ4n) is 2.04. The molecule has 0 fully saturated rings. The van der Waals surface area contributed by atoms with Gasteiger partial charge in [-0.1, -0.05) is 6.92 Å². The van der Waals surface area contributed by atoms with E-state index in [0.717, 1.165) is 6.42 Å². The van der Waals surface area contributed by atoms with Crippen LogP contribution in [-0.2, 0) is 4.79 Å². The normalized spacial score (nSPS) is 14.9. The lowest BCUT2D eigenvalue weighted by molar-refractivity contribution is -0.137. The lowest BCUT2D eigenvalue weighted by Gasteiger charge is -2.12. The molecule has 1 aliphatic heterocycles. The van der Waals surface area contributed by atoms with Crippen LogP contribution in [0, 0.1) is 5.92 Å². The molecule has 1 amide bonds. The highest BCUT2D eigenvalue weighted by atomic mass is 16.5. The van der Waals surface area contributed by atoms with Crippen molar-refractivity contribution in [3.8, 4) is 11.5 Å². The molecular formula is C15H19NO5. The van der Waals surface area contributed by atoms with E-state index in [4.69, 9.17) is 14.6 Å². The summed E-state index contributed by atoms with van der Waals surface area (Å²) in [6, 6.07) is 5.04. The van der Waals surface area contributed by atoms with Crippen LogP contribution in [0.4, 0.5) is 0 Å². The average Bonchev–Trinajstić information content (AvgIpc) is 2.68. The number of rotatable bonds is 5. The number of hydrogen-bond donors (Lipinski definition) is 2. The van der Waals surface area contributed by atoms with Gasteiger partial charge in [-0.2, -0.15) is 0 Å². The standard InChI is InChI=1S/C15H19NO5/c1-10(7-14(17)18)9-16-15(19)11-3-4-12-13(8-11)21-6-2-5-20-12/h3-4,8,10H,2,5-7,9H2,1H3,(H,16,19)(H,17,18)/t10-/m1/s1. The van der Waals surface area contributed by atoms with Crippen LogP contribution in [0.2, 0.25) is 0 Å². The van der Waals surface area contributed by atoms with Crippen molar-refractivity contribution in [3.05, 3.63) is 23.8 Å². The number of ether oxygens (including phenoxy) is 2. The smallest absolute Gasteiger partial charge is 0.303 e. The second kappa shape index (κ2) is 6.97. The molecular weight excluding hydrogens is 274 g/mol. The number of amides is 1. The summed E-state index contributed by atoms with van der Waals surface area (Å²) in [4.78, 5) is 22.6. The zero-order valence-corrected chi connectivity index (χ0v) is 11.9. The Hall–Kier alpha value is -2.24. The van der Waals surface area contributed by atoms with Crippen molar-refractivity contribution in [1.82, 2.24) is 5.32 Å². The maximum atomic E-state index is 12.1. The van der Waals surface area contributed by atoms with E-state index in [1.54, 1.807) is 25.1 Å². The van der Waals surface area contributed by atoms with Crippen molar-refractivity contribution in [2.75, 3.05) is 19.8 Å². The molecule has 1 heterocycles. The number of hydrogen-bond acceptors (Lipinski definition) is 4. The summed E-state index contributed by atoms with van der Waals surface area (Å²) < 4.78 is 11.0. The summed E-state index contributed by atoms with van der Waals surface area (Å²) in [5.41, 5.74) is 0.474. The Balaban J connectivity index is 1.96. The molecule has 1 aliphatic rings. The summed E-state index contributed by atoms with van der Waals surface area (Å²) in [6.07, 6.45) is 0.838. The van der Waals surface area contributed by atoms with E-state index in [9.17, 15) is 9.59 Å². The predicted molar refractivity (Wildman–Crippen MR) is 75.8 cm³/mol. The summed E-state index contributed by atoms with van der Waals surface area (Å²) in [5.74, 6) is -0.0240. The molecule has 0 saturated carbocycles. The first kappa shape index (κ1) is 15.2. The molecule has 1 aromatic rings. The van der Waals surface area contributed by atoms with Gasteiger partial charge in [-0.3, -0.25) is 9.59 Å². The van der Waals surface area contributed by atoms with Gasteiger partial charge in [-0.05, 0) is 24.1 Å². The quantitative estimate of drug-likeness (QED) is 0.863. The molecule has 0 aliphatic carbocycles. The van der Waals surface area contributed by atoms with Crippen molar-refractivity contribution in [1.29, 1.82) is 0 Å². The molecule has 6 heteroatoms. The van der Waals surface area contributed by atoms with Crippen LogP contribution in [0.3, 0.4) is 0 Å². The molecule has 0 unspecified atom stereocenters. The second-order valence-electron chi connectivity index (χ2n) is 5.13. The molecule has 0 spiro atoms. The van der Waals surface area contributed by atoms with Gasteiger partial charge in [0.1, 0.15) is 0 Å². The average molecular weight is 293 g/mol. The Morgan fingerprint density at radius 1 is 1.29 bits per heavy atom. The third kappa shape index (κ3) is 4.37. The van der Waals surface area contributed by atoms with E-state index in [-0.39, 0.29) is 18.2 Å². The lowest BCUT2D eigenvalue weighted by atomic mass is 10.1. The minimum Gasteiger partial charge on any atom is -0.490 e. The second-order valence-corrected chi connectivity index (χ2v) is 5.13. The van der Waals surface area contributed by atoms with E-state index in [1.807, 2.05) is 0 Å². The van der Waals surface area contributed by atoms with Gasteiger partial charge in [0, 0.05) is 24.9 Å². The SMILES string of the molecule is C[C@@H](CNC(=O)c1ccc2c(c1)OCCCO2)CC(=O)O. The molecule has 0 saturated heterocycles. The maximum Gasteiger partial charge on any atom is 0.303 e. The van der Waals surface area contributed by atoms with Crippen LogP contribution in [0.1, 0.15) is 30.1 Å². The van der Waals surface area contributed by atoms with Gasteiger partial charge in [0.25, 0.3) is 5.91 Å². The lowest BCUT2D eigenvalue weighted by Crippen LogP contribution is -2.29. The van der Waals surface area contributed by atoms with Gasteiger partial charge in [0.05, 0.1) is 13.2 Å². The van der Waals surface area contributed by atoms with Gasteiger partial charge in [0.15, 0.2) is 11.5 Å². The highest BCUT2D eigenvalue weighted by molar-refractivity contribution is 5.94. The van der Waals surface area contributed by atoms with Crippen molar-refractivity contribution in [3.63, 3.8) is 0 Å². The Morgan fingerprint density at radius 2 is 2.00 bits per heavy atom. The highest BCUT2D eigenvalue weighted by Gasteiger charge is 2.15. The van der Waals surface area contributed by atoms with Crippen molar-refractivity contribution < 1.29 is 24.2 Å². The number of aliphatic carboxylic acids is 1. The van der Waals surface area contributed by atoms with Gasteiger partial charge in [0.2, 0.25) is 0 Å². The molecule has 21 heavy (non-hydrogen) atoms. The van der Waals surface area contributed by atoms with E-state index >= 15 is 0 Å². The first-order valence-electron chi connectivity index (χ1n) is 6.96. The highest BCUT2D eigenvalue weighted by Crippen LogP contribution is 2.30. The Morgan fingerprint density at radius 3 is 2.71 bits per heavy atom.